The van der Waals surface area contributed by atoms with Crippen LogP contribution in [0.2, 0.25) is 0 Å². The number of carbonyl (C=O) groups excluding carboxylic acids is 2. The molecule has 0 bridgehead atoms. The maximum atomic E-state index is 11.0. The molecule has 1 aliphatic heterocycles. The average molecular weight is 152 g/mol. The van der Waals surface area contributed by atoms with Gasteiger partial charge in [-0.15, -0.1) is 0 Å². The van der Waals surface area contributed by atoms with Gasteiger partial charge in [0, 0.05) is 0 Å². The summed E-state index contributed by atoms with van der Waals surface area (Å²) in [5.41, 5.74) is 1.56. The molecule has 11 heavy (non-hydrogen) atoms. The third kappa shape index (κ3) is 0.906. The molecule has 0 spiro atoms. The fraction of sp³-hybridized carbons (Fsp3) is 0.429. The molecule has 1 saturated heterocycles. The second kappa shape index (κ2) is 2.08. The van der Waals surface area contributed by atoms with E-state index in [1.54, 1.807) is 0 Å². The van der Waals surface area contributed by atoms with E-state index in [2.05, 4.69) is 10.6 Å². The molecule has 2 rings (SSSR count). The molecule has 2 aliphatic rings. The molecular weight excluding hydrogens is 144 g/mol. The SMILES string of the molecule is O=C1NC(=O)C(=C2CCC2)N1. The van der Waals surface area contributed by atoms with Gasteiger partial charge in [0.2, 0.25) is 0 Å². The van der Waals surface area contributed by atoms with Crippen LogP contribution in [0, 0.1) is 0 Å². The van der Waals surface area contributed by atoms with E-state index in [0.717, 1.165) is 24.8 Å². The van der Waals surface area contributed by atoms with Gasteiger partial charge in [0.05, 0.1) is 0 Å². The van der Waals surface area contributed by atoms with Gasteiger partial charge >= 0.3 is 6.03 Å². The fourth-order valence-electron chi connectivity index (χ4n) is 1.22. The summed E-state index contributed by atoms with van der Waals surface area (Å²) in [6, 6.07) is -0.399. The number of carbonyl (C=O) groups is 2. The van der Waals surface area contributed by atoms with Crippen LogP contribution in [-0.2, 0) is 4.79 Å². The van der Waals surface area contributed by atoms with Crippen molar-refractivity contribution in [2.75, 3.05) is 0 Å². The minimum atomic E-state index is -0.399. The molecule has 4 nitrogen and oxygen atoms in total. The third-order valence-electron chi connectivity index (χ3n) is 2.00. The second-order valence-corrected chi connectivity index (χ2v) is 2.74. The minimum Gasteiger partial charge on any atom is -0.303 e. The van der Waals surface area contributed by atoms with Crippen molar-refractivity contribution in [1.29, 1.82) is 0 Å². The molecule has 1 aliphatic carbocycles. The topological polar surface area (TPSA) is 58.2 Å². The molecule has 4 heteroatoms. The van der Waals surface area contributed by atoms with E-state index in [1.807, 2.05) is 0 Å². The Labute approximate surface area is 63.7 Å². The van der Waals surface area contributed by atoms with Gasteiger partial charge < -0.3 is 5.32 Å². The standard InChI is InChI=1S/C7H8N2O2/c10-6-5(4-2-1-3-4)8-7(11)9-6/h1-3H2,(H2,8,9,10,11). The molecule has 58 valence electrons. The number of rotatable bonds is 0. The van der Waals surface area contributed by atoms with Crippen molar-refractivity contribution in [1.82, 2.24) is 10.6 Å². The van der Waals surface area contributed by atoms with Crippen molar-refractivity contribution in [2.45, 2.75) is 19.3 Å². The molecule has 2 N–H and O–H groups in total. The smallest absolute Gasteiger partial charge is 0.303 e. The zero-order chi connectivity index (χ0) is 7.84. The Hall–Kier alpha value is -1.32. The van der Waals surface area contributed by atoms with Gasteiger partial charge in [-0.3, -0.25) is 10.1 Å². The van der Waals surface area contributed by atoms with E-state index in [4.69, 9.17) is 0 Å². The molecule has 0 atom stereocenters. The lowest BCUT2D eigenvalue weighted by Gasteiger charge is -2.17. The van der Waals surface area contributed by atoms with Crippen LogP contribution in [0.1, 0.15) is 19.3 Å². The van der Waals surface area contributed by atoms with Crippen LogP contribution in [0.3, 0.4) is 0 Å². The van der Waals surface area contributed by atoms with Crippen LogP contribution >= 0.6 is 0 Å². The zero-order valence-corrected chi connectivity index (χ0v) is 5.94. The highest BCUT2D eigenvalue weighted by Crippen LogP contribution is 2.28. The average Bonchev–Trinajstić information content (AvgIpc) is 2.07. The highest BCUT2D eigenvalue weighted by atomic mass is 16.2. The summed E-state index contributed by atoms with van der Waals surface area (Å²) in [6.07, 6.45) is 3.02. The summed E-state index contributed by atoms with van der Waals surface area (Å²) in [6.45, 7) is 0. The van der Waals surface area contributed by atoms with Gasteiger partial charge in [-0.05, 0) is 24.8 Å². The Morgan fingerprint density at radius 2 is 1.82 bits per heavy atom. The van der Waals surface area contributed by atoms with Gasteiger partial charge in [-0.1, -0.05) is 0 Å². The molecular formula is C7H8N2O2. The molecule has 3 amide bonds. The summed E-state index contributed by atoms with van der Waals surface area (Å²) >= 11 is 0. The van der Waals surface area contributed by atoms with Gasteiger partial charge in [-0.25, -0.2) is 4.79 Å². The van der Waals surface area contributed by atoms with Crippen LogP contribution in [0.5, 0.6) is 0 Å². The quantitative estimate of drug-likeness (QED) is 0.386. The lowest BCUT2D eigenvalue weighted by Crippen LogP contribution is -2.22. The van der Waals surface area contributed by atoms with Crippen molar-refractivity contribution in [2.24, 2.45) is 0 Å². The lowest BCUT2D eigenvalue weighted by atomic mass is 9.90. The van der Waals surface area contributed by atoms with E-state index in [0.29, 0.717) is 5.70 Å². The molecule has 0 aromatic carbocycles. The van der Waals surface area contributed by atoms with E-state index in [1.165, 1.54) is 0 Å². The molecule has 0 unspecified atom stereocenters. The van der Waals surface area contributed by atoms with Crippen LogP contribution in [-0.4, -0.2) is 11.9 Å². The number of allylic oxidation sites excluding steroid dienone is 1. The van der Waals surface area contributed by atoms with E-state index in [9.17, 15) is 9.59 Å². The number of amides is 3. The van der Waals surface area contributed by atoms with Gasteiger partial charge in [0.15, 0.2) is 0 Å². The van der Waals surface area contributed by atoms with Crippen LogP contribution in [0.15, 0.2) is 11.3 Å². The largest absolute Gasteiger partial charge is 0.326 e. The van der Waals surface area contributed by atoms with Crippen molar-refractivity contribution in [3.63, 3.8) is 0 Å². The maximum absolute atomic E-state index is 11.0. The summed E-state index contributed by atoms with van der Waals surface area (Å²) in [7, 11) is 0. The molecule has 0 radical (unpaired) electrons. The van der Waals surface area contributed by atoms with Gasteiger partial charge in [0.25, 0.3) is 5.91 Å². The lowest BCUT2D eigenvalue weighted by molar-refractivity contribution is -0.115. The molecule has 0 aromatic heterocycles. The van der Waals surface area contributed by atoms with E-state index < -0.39 is 6.03 Å². The normalized spacial score (nSPS) is 22.9. The number of hydrogen-bond acceptors (Lipinski definition) is 2. The monoisotopic (exact) mass is 152 g/mol. The predicted molar refractivity (Wildman–Crippen MR) is 37.6 cm³/mol. The number of nitrogens with one attached hydrogen (secondary N) is 2. The minimum absolute atomic E-state index is 0.273. The first-order valence-electron chi connectivity index (χ1n) is 3.62. The molecule has 1 saturated carbocycles. The van der Waals surface area contributed by atoms with Crippen LogP contribution < -0.4 is 10.6 Å². The maximum Gasteiger partial charge on any atom is 0.326 e. The number of imide groups is 1. The molecule has 1 heterocycles. The van der Waals surface area contributed by atoms with Gasteiger partial charge in [-0.2, -0.15) is 0 Å². The Kier molecular flexibility index (Phi) is 1.21. The Morgan fingerprint density at radius 1 is 1.09 bits per heavy atom. The first kappa shape index (κ1) is 6.39. The van der Waals surface area contributed by atoms with Crippen molar-refractivity contribution in [3.8, 4) is 0 Å². The summed E-state index contributed by atoms with van der Waals surface area (Å²) < 4.78 is 0. The van der Waals surface area contributed by atoms with E-state index >= 15 is 0 Å². The molecule has 2 fully saturated rings. The summed E-state index contributed by atoms with van der Waals surface area (Å²) in [5, 5.41) is 4.65. The van der Waals surface area contributed by atoms with Gasteiger partial charge in [0.1, 0.15) is 5.70 Å². The number of hydrogen-bond donors (Lipinski definition) is 2. The van der Waals surface area contributed by atoms with Crippen LogP contribution in [0.4, 0.5) is 4.79 Å². The first-order chi connectivity index (χ1) is 5.27. The predicted octanol–water partition coefficient (Wildman–Crippen LogP) is 0.264. The fourth-order valence-corrected chi connectivity index (χ4v) is 1.22. The highest BCUT2D eigenvalue weighted by Gasteiger charge is 2.28. The van der Waals surface area contributed by atoms with Crippen LogP contribution in [0.25, 0.3) is 0 Å². The second-order valence-electron chi connectivity index (χ2n) is 2.74. The Balaban J connectivity index is 2.27. The zero-order valence-electron chi connectivity index (χ0n) is 5.94. The van der Waals surface area contributed by atoms with E-state index in [-0.39, 0.29) is 5.91 Å². The Morgan fingerprint density at radius 3 is 2.18 bits per heavy atom. The summed E-state index contributed by atoms with van der Waals surface area (Å²) in [4.78, 5) is 21.6. The Bertz CT molecular complexity index is 262. The van der Waals surface area contributed by atoms with Crippen molar-refractivity contribution in [3.05, 3.63) is 11.3 Å². The van der Waals surface area contributed by atoms with Crippen molar-refractivity contribution < 1.29 is 9.59 Å². The number of urea groups is 1. The third-order valence-corrected chi connectivity index (χ3v) is 2.00. The molecule has 0 aromatic rings. The highest BCUT2D eigenvalue weighted by molar-refractivity contribution is 6.12. The first-order valence-corrected chi connectivity index (χ1v) is 3.62. The summed E-state index contributed by atoms with van der Waals surface area (Å²) in [5.74, 6) is -0.273. The van der Waals surface area contributed by atoms with Crippen molar-refractivity contribution >= 4 is 11.9 Å².